The summed E-state index contributed by atoms with van der Waals surface area (Å²) in [4.78, 5) is 26.2. The number of nitrogens with zero attached hydrogens (tertiary/aromatic N) is 1. The number of hydrogen-bond acceptors (Lipinski definition) is 7. The van der Waals surface area contributed by atoms with E-state index in [9.17, 15) is 19.8 Å². The van der Waals surface area contributed by atoms with Gasteiger partial charge in [0.15, 0.2) is 17.3 Å². The molecule has 1 aliphatic carbocycles. The molecule has 0 amide bonds. The van der Waals surface area contributed by atoms with Crippen LogP contribution in [0, 0.1) is 0 Å². The molecule has 0 saturated carbocycles. The Kier molecular flexibility index (Phi) is 5.03. The Morgan fingerprint density at radius 3 is 2.29 bits per heavy atom. The molecule has 0 atom stereocenters. The molecular formula is C16H17ClN2O4S. The molecule has 1 aromatic carbocycles. The number of phenols is 2. The van der Waals surface area contributed by atoms with Gasteiger partial charge in [0.2, 0.25) is 0 Å². The number of rotatable bonds is 4. The van der Waals surface area contributed by atoms with Gasteiger partial charge >= 0.3 is 0 Å². The highest BCUT2D eigenvalue weighted by Crippen LogP contribution is 2.46. The molecule has 128 valence electrons. The number of anilines is 1. The first-order valence-electron chi connectivity index (χ1n) is 7.58. The van der Waals surface area contributed by atoms with Crippen molar-refractivity contribution in [1.82, 2.24) is 4.90 Å². The molecule has 24 heavy (non-hydrogen) atoms. The monoisotopic (exact) mass is 368 g/mol. The summed E-state index contributed by atoms with van der Waals surface area (Å²) in [5.41, 5.74) is -0.374. The van der Waals surface area contributed by atoms with Gasteiger partial charge in [-0.25, -0.2) is 0 Å². The van der Waals surface area contributed by atoms with Gasteiger partial charge in [0.05, 0.1) is 11.1 Å². The van der Waals surface area contributed by atoms with Crippen LogP contribution in [-0.2, 0) is 0 Å². The molecule has 3 rings (SSSR count). The lowest BCUT2D eigenvalue weighted by atomic mass is 9.92. The number of nitrogens with one attached hydrogen (secondary N) is 1. The van der Waals surface area contributed by atoms with Crippen LogP contribution in [-0.4, -0.2) is 64.4 Å². The average Bonchev–Trinajstić information content (AvgIpc) is 2.58. The van der Waals surface area contributed by atoms with Gasteiger partial charge in [0.1, 0.15) is 16.5 Å². The second-order valence-corrected chi connectivity index (χ2v) is 7.18. The van der Waals surface area contributed by atoms with Crippen molar-refractivity contribution < 1.29 is 19.8 Å². The van der Waals surface area contributed by atoms with E-state index < -0.39 is 23.1 Å². The summed E-state index contributed by atoms with van der Waals surface area (Å²) in [5.74, 6) is 0.207. The number of halogens is 1. The lowest BCUT2D eigenvalue weighted by Gasteiger charge is -2.26. The van der Waals surface area contributed by atoms with Crippen LogP contribution in [0.2, 0.25) is 5.02 Å². The van der Waals surface area contributed by atoms with Crippen LogP contribution in [0.3, 0.4) is 0 Å². The molecule has 1 saturated heterocycles. The predicted molar refractivity (Wildman–Crippen MR) is 94.8 cm³/mol. The highest BCUT2D eigenvalue weighted by Gasteiger charge is 2.31. The number of allylic oxidation sites excluding steroid dienone is 2. The lowest BCUT2D eigenvalue weighted by Crippen LogP contribution is -2.36. The highest BCUT2D eigenvalue weighted by molar-refractivity contribution is 7.99. The zero-order valence-corrected chi connectivity index (χ0v) is 14.4. The van der Waals surface area contributed by atoms with E-state index in [1.807, 2.05) is 11.8 Å². The standard InChI is InChI=1S/C16H17ClN2O4S/c17-13-14(18-3-4-19-5-7-24-8-6-19)16(23)12-10(21)2-1-9(20)11(12)15(13)22/h1-2,18,22-23H,3-8H2. The van der Waals surface area contributed by atoms with Gasteiger partial charge in [-0.2, -0.15) is 11.8 Å². The van der Waals surface area contributed by atoms with Gasteiger partial charge < -0.3 is 15.5 Å². The quantitative estimate of drug-likeness (QED) is 0.554. The molecule has 0 spiro atoms. The van der Waals surface area contributed by atoms with E-state index in [2.05, 4.69) is 10.2 Å². The maximum Gasteiger partial charge on any atom is 0.190 e. The van der Waals surface area contributed by atoms with E-state index in [0.29, 0.717) is 6.54 Å². The third-order valence-electron chi connectivity index (χ3n) is 4.10. The summed E-state index contributed by atoms with van der Waals surface area (Å²) in [7, 11) is 0. The summed E-state index contributed by atoms with van der Waals surface area (Å²) in [5, 5.41) is 23.4. The molecule has 0 aromatic heterocycles. The first-order valence-corrected chi connectivity index (χ1v) is 9.12. The summed E-state index contributed by atoms with van der Waals surface area (Å²) in [6.45, 7) is 3.24. The largest absolute Gasteiger partial charge is 0.505 e. The zero-order valence-electron chi connectivity index (χ0n) is 12.8. The van der Waals surface area contributed by atoms with Crippen LogP contribution in [0.15, 0.2) is 12.2 Å². The summed E-state index contributed by atoms with van der Waals surface area (Å²) < 4.78 is 0. The molecule has 1 heterocycles. The van der Waals surface area contributed by atoms with Gasteiger partial charge in [0, 0.05) is 37.7 Å². The van der Waals surface area contributed by atoms with Crippen molar-refractivity contribution in [2.75, 3.05) is 43.0 Å². The number of carbonyl (C=O) groups is 2. The van der Waals surface area contributed by atoms with E-state index in [1.54, 1.807) is 0 Å². The molecule has 8 heteroatoms. The molecule has 1 aliphatic heterocycles. The van der Waals surface area contributed by atoms with Gasteiger partial charge in [-0.05, 0) is 12.2 Å². The molecule has 0 radical (unpaired) electrons. The van der Waals surface area contributed by atoms with Crippen LogP contribution >= 0.6 is 23.4 Å². The second kappa shape index (κ2) is 7.04. The van der Waals surface area contributed by atoms with Crippen molar-refractivity contribution in [1.29, 1.82) is 0 Å². The molecule has 2 aliphatic rings. The number of benzene rings is 1. The smallest absolute Gasteiger partial charge is 0.190 e. The van der Waals surface area contributed by atoms with Gasteiger partial charge in [-0.15, -0.1) is 0 Å². The van der Waals surface area contributed by atoms with Crippen molar-refractivity contribution in [2.24, 2.45) is 0 Å². The van der Waals surface area contributed by atoms with Crippen molar-refractivity contribution >= 4 is 40.6 Å². The maximum absolute atomic E-state index is 12.0. The lowest BCUT2D eigenvalue weighted by molar-refractivity contribution is 0.0989. The number of carbonyl (C=O) groups excluding carboxylic acids is 2. The van der Waals surface area contributed by atoms with Crippen molar-refractivity contribution in [3.05, 3.63) is 28.3 Å². The minimum atomic E-state index is -0.559. The fourth-order valence-electron chi connectivity index (χ4n) is 2.82. The Balaban J connectivity index is 1.84. The minimum Gasteiger partial charge on any atom is -0.505 e. The van der Waals surface area contributed by atoms with E-state index in [0.717, 1.165) is 43.3 Å². The summed E-state index contributed by atoms with van der Waals surface area (Å²) in [6.07, 6.45) is 2.13. The Hall–Kier alpha value is -1.70. The number of phenolic OH excluding ortho intramolecular Hbond substituents is 2. The number of aromatic hydroxyl groups is 2. The van der Waals surface area contributed by atoms with Crippen molar-refractivity contribution in [3.63, 3.8) is 0 Å². The fraction of sp³-hybridized carbons (Fsp3) is 0.375. The number of ketones is 2. The van der Waals surface area contributed by atoms with Gasteiger partial charge in [-0.1, -0.05) is 11.6 Å². The molecule has 3 N–H and O–H groups in total. The van der Waals surface area contributed by atoms with E-state index in [1.165, 1.54) is 0 Å². The summed E-state index contributed by atoms with van der Waals surface area (Å²) >= 11 is 8.01. The first-order chi connectivity index (χ1) is 11.5. The van der Waals surface area contributed by atoms with Crippen molar-refractivity contribution in [3.8, 4) is 11.5 Å². The van der Waals surface area contributed by atoms with Gasteiger partial charge in [0.25, 0.3) is 0 Å². The SMILES string of the molecule is O=C1C=CC(=O)c2c(O)c(NCCN3CCSCC3)c(Cl)c(O)c21. The first kappa shape index (κ1) is 17.1. The van der Waals surface area contributed by atoms with E-state index in [4.69, 9.17) is 11.6 Å². The Labute approximate surface area is 148 Å². The number of fused-ring (bicyclic) bond motifs is 1. The van der Waals surface area contributed by atoms with Gasteiger partial charge in [-0.3, -0.25) is 14.5 Å². The summed E-state index contributed by atoms with van der Waals surface area (Å²) in [6, 6.07) is 0. The third kappa shape index (κ3) is 3.11. The number of hydrogen-bond donors (Lipinski definition) is 3. The van der Waals surface area contributed by atoms with Crippen LogP contribution < -0.4 is 5.32 Å². The fourth-order valence-corrected chi connectivity index (χ4v) is 4.05. The van der Waals surface area contributed by atoms with Crippen LogP contribution in [0.5, 0.6) is 11.5 Å². The highest BCUT2D eigenvalue weighted by atomic mass is 35.5. The second-order valence-electron chi connectivity index (χ2n) is 5.58. The molecule has 6 nitrogen and oxygen atoms in total. The van der Waals surface area contributed by atoms with Crippen LogP contribution in [0.4, 0.5) is 5.69 Å². The normalized spacial score (nSPS) is 17.9. The molecular weight excluding hydrogens is 352 g/mol. The Morgan fingerprint density at radius 1 is 1.08 bits per heavy atom. The Morgan fingerprint density at radius 2 is 1.67 bits per heavy atom. The molecule has 1 fully saturated rings. The van der Waals surface area contributed by atoms with E-state index in [-0.39, 0.29) is 21.8 Å². The molecule has 0 bridgehead atoms. The topological polar surface area (TPSA) is 89.9 Å². The third-order valence-corrected chi connectivity index (χ3v) is 5.41. The minimum absolute atomic E-state index is 0.0794. The molecule has 1 aromatic rings. The van der Waals surface area contributed by atoms with Crippen molar-refractivity contribution in [2.45, 2.75) is 0 Å². The van der Waals surface area contributed by atoms with Crippen LogP contribution in [0.1, 0.15) is 20.7 Å². The molecule has 0 unspecified atom stereocenters. The maximum atomic E-state index is 12.0. The number of thioether (sulfide) groups is 1. The van der Waals surface area contributed by atoms with Crippen LogP contribution in [0.25, 0.3) is 0 Å². The predicted octanol–water partition coefficient (Wildman–Crippen LogP) is 2.15. The zero-order chi connectivity index (χ0) is 17.3. The average molecular weight is 369 g/mol. The Bertz CT molecular complexity index is 730. The van der Waals surface area contributed by atoms with E-state index >= 15 is 0 Å².